The van der Waals surface area contributed by atoms with E-state index < -0.39 is 19.8 Å². The van der Waals surface area contributed by atoms with Crippen molar-refractivity contribution >= 4 is 14.3 Å². The Morgan fingerprint density at radius 2 is 1.83 bits per heavy atom. The lowest BCUT2D eigenvalue weighted by Crippen LogP contribution is -2.46. The third-order valence-corrected chi connectivity index (χ3v) is 3.26. The number of aliphatic carboxylic acids is 1. The highest BCUT2D eigenvalue weighted by molar-refractivity contribution is 6.70. The van der Waals surface area contributed by atoms with Crippen LogP contribution in [0.1, 0.15) is 12.5 Å². The van der Waals surface area contributed by atoms with Crippen molar-refractivity contribution in [2.24, 2.45) is 5.73 Å². The number of hydrogen-bond donors (Lipinski definition) is 2. The second-order valence-electron chi connectivity index (χ2n) is 5.76. The van der Waals surface area contributed by atoms with Crippen LogP contribution in [-0.2, 0) is 11.2 Å². The molecule has 0 saturated carbocycles. The molecule has 0 fully saturated rings. The van der Waals surface area contributed by atoms with E-state index in [9.17, 15) is 4.79 Å². The van der Waals surface area contributed by atoms with Crippen molar-refractivity contribution in [2.45, 2.75) is 38.5 Å². The minimum absolute atomic E-state index is 0.301. The molecule has 1 aromatic rings. The van der Waals surface area contributed by atoms with Crippen molar-refractivity contribution in [3.63, 3.8) is 0 Å². The molecule has 100 valence electrons. The van der Waals surface area contributed by atoms with Gasteiger partial charge in [-0.1, -0.05) is 12.1 Å². The molecule has 0 bridgehead atoms. The summed E-state index contributed by atoms with van der Waals surface area (Å²) in [5, 5.41) is 8.97. The van der Waals surface area contributed by atoms with Crippen molar-refractivity contribution in [1.82, 2.24) is 0 Å². The first-order chi connectivity index (χ1) is 8.10. The Labute approximate surface area is 109 Å². The van der Waals surface area contributed by atoms with Gasteiger partial charge in [0.2, 0.25) is 8.32 Å². The number of carboxylic acid groups (broad SMARTS) is 1. The van der Waals surface area contributed by atoms with Crippen LogP contribution in [0.5, 0.6) is 5.75 Å². The van der Waals surface area contributed by atoms with Crippen LogP contribution in [0.2, 0.25) is 19.6 Å². The first-order valence-corrected chi connectivity index (χ1v) is 9.31. The summed E-state index contributed by atoms with van der Waals surface area (Å²) in [5.74, 6) is -0.170. The van der Waals surface area contributed by atoms with Crippen LogP contribution in [-0.4, -0.2) is 24.9 Å². The van der Waals surface area contributed by atoms with E-state index in [1.54, 1.807) is 0 Å². The van der Waals surface area contributed by atoms with E-state index in [0.717, 1.165) is 11.3 Å². The minimum atomic E-state index is -1.60. The van der Waals surface area contributed by atoms with Crippen LogP contribution < -0.4 is 10.2 Å². The maximum Gasteiger partial charge on any atom is 0.323 e. The van der Waals surface area contributed by atoms with E-state index in [1.807, 2.05) is 24.3 Å². The van der Waals surface area contributed by atoms with Gasteiger partial charge in [-0.25, -0.2) is 0 Å². The van der Waals surface area contributed by atoms with E-state index >= 15 is 0 Å². The first-order valence-electron chi connectivity index (χ1n) is 5.90. The Kier molecular flexibility index (Phi) is 4.19. The van der Waals surface area contributed by atoms with Crippen LogP contribution in [0.25, 0.3) is 0 Å². The molecule has 0 amide bonds. The van der Waals surface area contributed by atoms with Gasteiger partial charge in [0.1, 0.15) is 11.3 Å². The predicted octanol–water partition coefficient (Wildman–Crippen LogP) is 2.24. The summed E-state index contributed by atoms with van der Waals surface area (Å²) in [4.78, 5) is 10.9. The third-order valence-electron chi connectivity index (χ3n) is 2.41. The molecule has 4 nitrogen and oxygen atoms in total. The molecule has 0 aliphatic heterocycles. The lowest BCUT2D eigenvalue weighted by molar-refractivity contribution is -0.142. The Hall–Kier alpha value is -1.33. The molecule has 0 aliphatic carbocycles. The molecule has 1 aromatic carbocycles. The summed E-state index contributed by atoms with van der Waals surface area (Å²) in [7, 11) is -1.60. The van der Waals surface area contributed by atoms with Crippen molar-refractivity contribution in [1.29, 1.82) is 0 Å². The lowest BCUT2D eigenvalue weighted by Gasteiger charge is -2.21. The van der Waals surface area contributed by atoms with Gasteiger partial charge in [0.05, 0.1) is 0 Å². The van der Waals surface area contributed by atoms with Crippen LogP contribution in [0, 0.1) is 0 Å². The number of hydrogen-bond acceptors (Lipinski definition) is 3. The van der Waals surface area contributed by atoms with Gasteiger partial charge in [-0.05, 0) is 44.3 Å². The Bertz CT molecular complexity index is 421. The summed E-state index contributed by atoms with van der Waals surface area (Å²) < 4.78 is 5.83. The van der Waals surface area contributed by atoms with Gasteiger partial charge < -0.3 is 15.3 Å². The van der Waals surface area contributed by atoms with E-state index in [4.69, 9.17) is 15.3 Å². The normalized spacial score (nSPS) is 14.9. The molecule has 1 rings (SSSR count). The van der Waals surface area contributed by atoms with Crippen molar-refractivity contribution in [2.75, 3.05) is 0 Å². The molecule has 3 N–H and O–H groups in total. The smallest absolute Gasteiger partial charge is 0.323 e. The van der Waals surface area contributed by atoms with Crippen LogP contribution in [0.15, 0.2) is 24.3 Å². The topological polar surface area (TPSA) is 72.5 Å². The zero-order chi connectivity index (χ0) is 14.0. The monoisotopic (exact) mass is 267 g/mol. The number of carboxylic acids is 1. The SMILES string of the molecule is C[C@@](N)(Cc1ccc(O[Si](C)(C)C)cc1)C(=O)O. The highest BCUT2D eigenvalue weighted by Crippen LogP contribution is 2.19. The van der Waals surface area contributed by atoms with Gasteiger partial charge >= 0.3 is 5.97 Å². The molecule has 0 heterocycles. The second-order valence-corrected chi connectivity index (χ2v) is 10.2. The predicted molar refractivity (Wildman–Crippen MR) is 74.3 cm³/mol. The summed E-state index contributed by atoms with van der Waals surface area (Å²) >= 11 is 0. The quantitative estimate of drug-likeness (QED) is 0.803. The van der Waals surface area contributed by atoms with E-state index in [0.29, 0.717) is 6.42 Å². The molecular formula is C13H21NO3Si. The average Bonchev–Trinajstić information content (AvgIpc) is 2.18. The van der Waals surface area contributed by atoms with E-state index in [1.165, 1.54) is 6.92 Å². The number of benzene rings is 1. The number of nitrogens with two attached hydrogens (primary N) is 1. The summed E-state index contributed by atoms with van der Waals surface area (Å²) in [6.45, 7) is 7.86. The van der Waals surface area contributed by atoms with E-state index in [2.05, 4.69) is 19.6 Å². The molecule has 1 atom stereocenters. The van der Waals surface area contributed by atoms with Crippen LogP contribution >= 0.6 is 0 Å². The minimum Gasteiger partial charge on any atom is -0.544 e. The molecule has 0 aliphatic rings. The highest BCUT2D eigenvalue weighted by Gasteiger charge is 2.28. The van der Waals surface area contributed by atoms with Gasteiger partial charge in [0.25, 0.3) is 0 Å². The molecule has 0 spiro atoms. The maximum atomic E-state index is 10.9. The fraction of sp³-hybridized carbons (Fsp3) is 0.462. The Morgan fingerprint density at radius 1 is 1.33 bits per heavy atom. The van der Waals surface area contributed by atoms with Crippen LogP contribution in [0.3, 0.4) is 0 Å². The zero-order valence-electron chi connectivity index (χ0n) is 11.4. The molecule has 0 aromatic heterocycles. The van der Waals surface area contributed by atoms with Crippen molar-refractivity contribution in [3.05, 3.63) is 29.8 Å². The van der Waals surface area contributed by atoms with Gasteiger partial charge in [-0.15, -0.1) is 0 Å². The average molecular weight is 267 g/mol. The molecular weight excluding hydrogens is 246 g/mol. The summed E-state index contributed by atoms with van der Waals surface area (Å²) in [6.07, 6.45) is 0.301. The fourth-order valence-corrected chi connectivity index (χ4v) is 2.37. The maximum absolute atomic E-state index is 10.9. The molecule has 18 heavy (non-hydrogen) atoms. The van der Waals surface area contributed by atoms with Gasteiger partial charge in [0.15, 0.2) is 0 Å². The molecule has 0 unspecified atom stereocenters. The summed E-state index contributed by atoms with van der Waals surface area (Å²) in [6, 6.07) is 7.46. The van der Waals surface area contributed by atoms with Gasteiger partial charge in [0, 0.05) is 6.42 Å². The molecule has 5 heteroatoms. The second kappa shape index (κ2) is 5.12. The lowest BCUT2D eigenvalue weighted by atomic mass is 9.94. The van der Waals surface area contributed by atoms with Crippen molar-refractivity contribution < 1.29 is 14.3 Å². The third kappa shape index (κ3) is 4.50. The Balaban J connectivity index is 2.75. The summed E-state index contributed by atoms with van der Waals surface area (Å²) in [5.41, 5.74) is 5.37. The standard InChI is InChI=1S/C13H21NO3Si/c1-13(14,12(15)16)9-10-5-7-11(8-6-10)17-18(2,3)4/h5-8H,9,14H2,1-4H3,(H,15,16)/t13-/m1/s1. The fourth-order valence-electron chi connectivity index (χ4n) is 1.53. The van der Waals surface area contributed by atoms with Gasteiger partial charge in [-0.3, -0.25) is 4.79 Å². The number of rotatable bonds is 5. The highest BCUT2D eigenvalue weighted by atomic mass is 28.4. The zero-order valence-corrected chi connectivity index (χ0v) is 12.4. The van der Waals surface area contributed by atoms with E-state index in [-0.39, 0.29) is 0 Å². The largest absolute Gasteiger partial charge is 0.544 e. The number of carbonyl (C=O) groups is 1. The van der Waals surface area contributed by atoms with Crippen molar-refractivity contribution in [3.8, 4) is 5.75 Å². The molecule has 0 radical (unpaired) electrons. The van der Waals surface area contributed by atoms with Crippen LogP contribution in [0.4, 0.5) is 0 Å². The molecule has 0 saturated heterocycles. The Morgan fingerprint density at radius 3 is 2.22 bits per heavy atom. The first kappa shape index (κ1) is 14.7. The van der Waals surface area contributed by atoms with Gasteiger partial charge in [-0.2, -0.15) is 0 Å².